The molecule has 0 atom stereocenters. The van der Waals surface area contributed by atoms with E-state index < -0.39 is 0 Å². The van der Waals surface area contributed by atoms with Gasteiger partial charge in [-0.15, -0.1) is 0 Å². The first kappa shape index (κ1) is 22.6. The molecule has 0 aliphatic carbocycles. The number of fused-ring (bicyclic) bond motifs is 4. The van der Waals surface area contributed by atoms with Crippen molar-refractivity contribution in [3.05, 3.63) is 140 Å². The molecule has 0 aliphatic heterocycles. The van der Waals surface area contributed by atoms with Crippen molar-refractivity contribution < 1.29 is 0 Å². The van der Waals surface area contributed by atoms with Crippen molar-refractivity contribution in [2.75, 3.05) is 0 Å². The summed E-state index contributed by atoms with van der Waals surface area (Å²) in [5.41, 5.74) is 9.30. The third-order valence-corrected chi connectivity index (χ3v) is 7.63. The molecule has 0 saturated heterocycles. The molecule has 186 valence electrons. The first-order chi connectivity index (χ1) is 19.8. The van der Waals surface area contributed by atoms with Crippen molar-refractivity contribution in [3.63, 3.8) is 0 Å². The Kier molecular flexibility index (Phi) is 5.14. The summed E-state index contributed by atoms with van der Waals surface area (Å²) in [4.78, 5) is 14.6. The maximum absolute atomic E-state index is 5.13. The fourth-order valence-corrected chi connectivity index (χ4v) is 5.54. The Bertz CT molecular complexity index is 2140. The molecule has 3 aromatic heterocycles. The van der Waals surface area contributed by atoms with E-state index >= 15 is 0 Å². The smallest absolute Gasteiger partial charge is 0.0715 e. The molecule has 0 N–H and O–H groups in total. The third kappa shape index (κ3) is 3.96. The Morgan fingerprint density at radius 2 is 0.825 bits per heavy atom. The van der Waals surface area contributed by atoms with Crippen LogP contribution in [0.2, 0.25) is 0 Å². The van der Waals surface area contributed by atoms with Gasteiger partial charge in [0.15, 0.2) is 0 Å². The quantitative estimate of drug-likeness (QED) is 0.223. The zero-order chi connectivity index (χ0) is 26.5. The SMILES string of the molecule is c1ccc2cc3nc(-c4cc(-c5cnc6ccccc6c5)cc(-c5cnc6ccccc6c5)c4)ccc3cc2c1. The van der Waals surface area contributed by atoms with E-state index in [1.54, 1.807) is 0 Å². The lowest BCUT2D eigenvalue weighted by Crippen LogP contribution is -1.91. The van der Waals surface area contributed by atoms with Crippen molar-refractivity contribution in [2.45, 2.75) is 0 Å². The van der Waals surface area contributed by atoms with Gasteiger partial charge in [-0.1, -0.05) is 66.7 Å². The van der Waals surface area contributed by atoms with E-state index in [1.807, 2.05) is 36.7 Å². The van der Waals surface area contributed by atoms with E-state index in [0.717, 1.165) is 66.2 Å². The molecule has 0 bridgehead atoms. The Balaban J connectivity index is 1.33. The van der Waals surface area contributed by atoms with Crippen molar-refractivity contribution in [2.24, 2.45) is 0 Å². The first-order valence-corrected chi connectivity index (χ1v) is 13.4. The van der Waals surface area contributed by atoms with Crippen LogP contribution in [0.15, 0.2) is 140 Å². The fourth-order valence-electron chi connectivity index (χ4n) is 5.54. The fraction of sp³-hybridized carbons (Fsp3) is 0. The Labute approximate surface area is 231 Å². The monoisotopic (exact) mass is 509 g/mol. The van der Waals surface area contributed by atoms with E-state index in [4.69, 9.17) is 15.0 Å². The molecular formula is C37H23N3. The number of hydrogen-bond donors (Lipinski definition) is 0. The number of benzene rings is 5. The minimum Gasteiger partial charge on any atom is -0.256 e. The number of hydrogen-bond acceptors (Lipinski definition) is 3. The Morgan fingerprint density at radius 3 is 1.45 bits per heavy atom. The van der Waals surface area contributed by atoms with Gasteiger partial charge in [0.05, 0.1) is 22.2 Å². The van der Waals surface area contributed by atoms with E-state index in [-0.39, 0.29) is 0 Å². The average Bonchev–Trinajstić information content (AvgIpc) is 3.02. The second kappa shape index (κ2) is 9.11. The lowest BCUT2D eigenvalue weighted by atomic mass is 9.95. The summed E-state index contributed by atoms with van der Waals surface area (Å²) in [5, 5.41) is 5.79. The van der Waals surface area contributed by atoms with Crippen LogP contribution in [-0.4, -0.2) is 15.0 Å². The maximum Gasteiger partial charge on any atom is 0.0715 e. The second-order valence-electron chi connectivity index (χ2n) is 10.2. The van der Waals surface area contributed by atoms with E-state index in [1.165, 1.54) is 10.8 Å². The molecule has 0 saturated carbocycles. The molecule has 0 unspecified atom stereocenters. The van der Waals surface area contributed by atoms with Gasteiger partial charge in [-0.25, -0.2) is 4.98 Å². The molecule has 0 aliphatic rings. The molecule has 3 heteroatoms. The number of nitrogens with zero attached hydrogens (tertiary/aromatic N) is 3. The zero-order valence-corrected chi connectivity index (χ0v) is 21.6. The number of aromatic nitrogens is 3. The molecular weight excluding hydrogens is 486 g/mol. The van der Waals surface area contributed by atoms with Crippen molar-refractivity contribution in [3.8, 4) is 33.5 Å². The predicted octanol–water partition coefficient (Wildman–Crippen LogP) is 9.49. The van der Waals surface area contributed by atoms with Crippen molar-refractivity contribution in [1.82, 2.24) is 15.0 Å². The second-order valence-corrected chi connectivity index (χ2v) is 10.2. The standard InChI is InChI=1S/C37H23N3/c1-2-8-25-21-37-28(15-24(25)7-1)13-14-36(40-37)31-19-29(32-16-26-9-3-5-11-34(26)38-22-32)18-30(20-31)33-17-27-10-4-6-12-35(27)39-23-33/h1-23H. The minimum atomic E-state index is 0.938. The van der Waals surface area contributed by atoms with Gasteiger partial charge < -0.3 is 0 Å². The number of para-hydroxylation sites is 2. The highest BCUT2D eigenvalue weighted by molar-refractivity contribution is 5.97. The van der Waals surface area contributed by atoms with Gasteiger partial charge in [0, 0.05) is 45.2 Å². The summed E-state index contributed by atoms with van der Waals surface area (Å²) >= 11 is 0. The van der Waals surface area contributed by atoms with Crippen LogP contribution in [0.25, 0.3) is 77.0 Å². The zero-order valence-electron chi connectivity index (χ0n) is 21.6. The molecule has 0 radical (unpaired) electrons. The van der Waals surface area contributed by atoms with Crippen LogP contribution in [0.1, 0.15) is 0 Å². The number of rotatable bonds is 3. The molecule has 3 nitrogen and oxygen atoms in total. The van der Waals surface area contributed by atoms with Crippen LogP contribution in [0.3, 0.4) is 0 Å². The average molecular weight is 510 g/mol. The van der Waals surface area contributed by atoms with Gasteiger partial charge in [-0.2, -0.15) is 0 Å². The summed E-state index contributed by atoms with van der Waals surface area (Å²) in [6.45, 7) is 0. The molecule has 3 heterocycles. The summed E-state index contributed by atoms with van der Waals surface area (Å²) in [6.07, 6.45) is 3.92. The summed E-state index contributed by atoms with van der Waals surface area (Å²) in [6, 6.07) is 44.7. The van der Waals surface area contributed by atoms with Gasteiger partial charge in [0.25, 0.3) is 0 Å². The van der Waals surface area contributed by atoms with Crippen molar-refractivity contribution in [1.29, 1.82) is 0 Å². The molecule has 40 heavy (non-hydrogen) atoms. The third-order valence-electron chi connectivity index (χ3n) is 7.63. The van der Waals surface area contributed by atoms with Crippen molar-refractivity contribution >= 4 is 43.5 Å². The predicted molar refractivity (Wildman–Crippen MR) is 166 cm³/mol. The van der Waals surface area contributed by atoms with Crippen LogP contribution in [0, 0.1) is 0 Å². The van der Waals surface area contributed by atoms with Gasteiger partial charge in [-0.05, 0) is 82.6 Å². The van der Waals surface area contributed by atoms with Crippen LogP contribution in [0.5, 0.6) is 0 Å². The molecule has 0 amide bonds. The Hall–Kier alpha value is -5.41. The molecule has 8 aromatic rings. The molecule has 8 rings (SSSR count). The van der Waals surface area contributed by atoms with E-state index in [9.17, 15) is 0 Å². The number of pyridine rings is 3. The van der Waals surface area contributed by atoms with Crippen LogP contribution < -0.4 is 0 Å². The molecule has 5 aromatic carbocycles. The van der Waals surface area contributed by atoms with E-state index in [2.05, 4.69) is 103 Å². The van der Waals surface area contributed by atoms with Crippen LogP contribution in [0.4, 0.5) is 0 Å². The molecule has 0 spiro atoms. The highest BCUT2D eigenvalue weighted by atomic mass is 14.7. The summed E-state index contributed by atoms with van der Waals surface area (Å²) in [7, 11) is 0. The highest BCUT2D eigenvalue weighted by Gasteiger charge is 2.11. The van der Waals surface area contributed by atoms with Gasteiger partial charge in [0.1, 0.15) is 0 Å². The topological polar surface area (TPSA) is 38.7 Å². The maximum atomic E-state index is 5.13. The van der Waals surface area contributed by atoms with E-state index in [0.29, 0.717) is 0 Å². The van der Waals surface area contributed by atoms with Gasteiger partial charge in [-0.3, -0.25) is 9.97 Å². The first-order valence-electron chi connectivity index (χ1n) is 13.4. The highest BCUT2D eigenvalue weighted by Crippen LogP contribution is 2.34. The van der Waals surface area contributed by atoms with Crippen LogP contribution in [-0.2, 0) is 0 Å². The summed E-state index contributed by atoms with van der Waals surface area (Å²) in [5.74, 6) is 0. The normalized spacial score (nSPS) is 11.5. The summed E-state index contributed by atoms with van der Waals surface area (Å²) < 4.78 is 0. The van der Waals surface area contributed by atoms with Gasteiger partial charge >= 0.3 is 0 Å². The molecule has 0 fully saturated rings. The van der Waals surface area contributed by atoms with Gasteiger partial charge in [0.2, 0.25) is 0 Å². The largest absolute Gasteiger partial charge is 0.256 e. The lowest BCUT2D eigenvalue weighted by molar-refractivity contribution is 1.38. The minimum absolute atomic E-state index is 0.938. The van der Waals surface area contributed by atoms with Crippen LogP contribution >= 0.6 is 0 Å². The lowest BCUT2D eigenvalue weighted by Gasteiger charge is -2.12. The Morgan fingerprint density at radius 1 is 0.325 bits per heavy atom.